The Hall–Kier alpha value is -1.67. The Morgan fingerprint density at radius 2 is 2.25 bits per heavy atom. The van der Waals surface area contributed by atoms with Crippen LogP contribution in [0, 0.1) is 21.8 Å². The van der Waals surface area contributed by atoms with Crippen LogP contribution in [0.4, 0.5) is 10.1 Å². The number of halogens is 1. The molecule has 20 heavy (non-hydrogen) atoms. The Kier molecular flexibility index (Phi) is 5.90. The third-order valence-corrected chi connectivity index (χ3v) is 3.86. The number of esters is 1. The summed E-state index contributed by atoms with van der Waals surface area (Å²) in [5.41, 5.74) is -0.762. The molecule has 0 fully saturated rings. The predicted octanol–water partition coefficient (Wildman–Crippen LogP) is 2.24. The fraction of sp³-hybridized carbons (Fsp3) is 0.417. The molecule has 1 rings (SSSR count). The van der Waals surface area contributed by atoms with Crippen LogP contribution in [0.25, 0.3) is 0 Å². The van der Waals surface area contributed by atoms with E-state index in [1.165, 1.54) is 0 Å². The number of benzene rings is 1. The van der Waals surface area contributed by atoms with Crippen molar-refractivity contribution < 1.29 is 24.0 Å². The fourth-order valence-corrected chi connectivity index (χ4v) is 2.40. The van der Waals surface area contributed by atoms with Crippen molar-refractivity contribution in [2.45, 2.75) is 11.8 Å². The predicted molar refractivity (Wildman–Crippen MR) is 71.4 cm³/mol. The maximum atomic E-state index is 13.6. The van der Waals surface area contributed by atoms with E-state index in [9.17, 15) is 19.3 Å². The van der Waals surface area contributed by atoms with Crippen molar-refractivity contribution >= 4 is 23.4 Å². The smallest absolute Gasteiger partial charge is 0.340 e. The standard InChI is InChI=1S/C12H14FNO5S/c1-7(5-15)6-20-11-3-8(12(16)19-2)9(13)4-10(11)14(17)18/h3-4,7,15H,5-6H2,1-2H3. The number of rotatable bonds is 6. The summed E-state index contributed by atoms with van der Waals surface area (Å²) in [5.74, 6) is -1.56. The molecule has 0 heterocycles. The molecule has 0 aliphatic rings. The van der Waals surface area contributed by atoms with E-state index >= 15 is 0 Å². The van der Waals surface area contributed by atoms with E-state index in [1.54, 1.807) is 6.92 Å². The molecule has 1 aromatic carbocycles. The van der Waals surface area contributed by atoms with Crippen LogP contribution < -0.4 is 0 Å². The van der Waals surface area contributed by atoms with E-state index in [2.05, 4.69) is 4.74 Å². The molecule has 0 bridgehead atoms. The number of methoxy groups -OCH3 is 1. The van der Waals surface area contributed by atoms with Gasteiger partial charge in [-0.05, 0) is 12.0 Å². The second-order valence-electron chi connectivity index (χ2n) is 4.15. The zero-order valence-electron chi connectivity index (χ0n) is 11.0. The molecule has 6 nitrogen and oxygen atoms in total. The molecule has 0 aliphatic carbocycles. The summed E-state index contributed by atoms with van der Waals surface area (Å²) < 4.78 is 18.1. The van der Waals surface area contributed by atoms with Crippen LogP contribution in [0.3, 0.4) is 0 Å². The SMILES string of the molecule is COC(=O)c1cc(SCC(C)CO)c([N+](=O)[O-])cc1F. The van der Waals surface area contributed by atoms with Gasteiger partial charge in [0.25, 0.3) is 5.69 Å². The first-order valence-electron chi connectivity index (χ1n) is 5.70. The Morgan fingerprint density at radius 1 is 1.60 bits per heavy atom. The molecule has 1 aromatic rings. The average molecular weight is 303 g/mol. The number of ether oxygens (including phenoxy) is 1. The number of aliphatic hydroxyl groups excluding tert-OH is 1. The number of nitro benzene ring substituents is 1. The van der Waals surface area contributed by atoms with Gasteiger partial charge in [0.15, 0.2) is 0 Å². The van der Waals surface area contributed by atoms with Crippen molar-refractivity contribution in [2.24, 2.45) is 5.92 Å². The van der Waals surface area contributed by atoms with E-state index in [-0.39, 0.29) is 23.0 Å². The van der Waals surface area contributed by atoms with Gasteiger partial charge in [-0.1, -0.05) is 6.92 Å². The molecular weight excluding hydrogens is 289 g/mol. The molecule has 8 heteroatoms. The Labute approximate surface area is 119 Å². The van der Waals surface area contributed by atoms with Gasteiger partial charge in [0.2, 0.25) is 0 Å². The normalized spacial score (nSPS) is 12.0. The highest BCUT2D eigenvalue weighted by Gasteiger charge is 2.23. The number of aliphatic hydroxyl groups is 1. The average Bonchev–Trinajstić information content (AvgIpc) is 2.44. The summed E-state index contributed by atoms with van der Waals surface area (Å²) >= 11 is 1.08. The zero-order chi connectivity index (χ0) is 15.3. The van der Waals surface area contributed by atoms with Gasteiger partial charge < -0.3 is 9.84 Å². The molecule has 1 unspecified atom stereocenters. The highest BCUT2D eigenvalue weighted by molar-refractivity contribution is 7.99. The van der Waals surface area contributed by atoms with Crippen LogP contribution in [-0.2, 0) is 4.74 Å². The summed E-state index contributed by atoms with van der Waals surface area (Å²) in [5, 5.41) is 19.8. The number of hydrogen-bond acceptors (Lipinski definition) is 6. The molecule has 110 valence electrons. The molecular formula is C12H14FNO5S. The van der Waals surface area contributed by atoms with E-state index in [1.807, 2.05) is 0 Å². The van der Waals surface area contributed by atoms with Crippen molar-refractivity contribution in [3.05, 3.63) is 33.6 Å². The summed E-state index contributed by atoms with van der Waals surface area (Å²) in [7, 11) is 1.10. The maximum Gasteiger partial charge on any atom is 0.340 e. The van der Waals surface area contributed by atoms with Gasteiger partial charge >= 0.3 is 5.97 Å². The zero-order valence-corrected chi connectivity index (χ0v) is 11.8. The first kappa shape index (κ1) is 16.4. The fourth-order valence-electron chi connectivity index (χ4n) is 1.35. The van der Waals surface area contributed by atoms with Gasteiger partial charge in [-0.25, -0.2) is 9.18 Å². The van der Waals surface area contributed by atoms with Crippen LogP contribution in [0.15, 0.2) is 17.0 Å². The summed E-state index contributed by atoms with van der Waals surface area (Å²) in [6.07, 6.45) is 0. The number of carbonyl (C=O) groups excluding carboxylic acids is 1. The van der Waals surface area contributed by atoms with Crippen LogP contribution in [0.1, 0.15) is 17.3 Å². The van der Waals surface area contributed by atoms with Crippen molar-refractivity contribution in [1.82, 2.24) is 0 Å². The minimum atomic E-state index is -0.997. The minimum Gasteiger partial charge on any atom is -0.465 e. The monoisotopic (exact) mass is 303 g/mol. The molecule has 0 radical (unpaired) electrons. The lowest BCUT2D eigenvalue weighted by molar-refractivity contribution is -0.387. The Morgan fingerprint density at radius 3 is 2.75 bits per heavy atom. The van der Waals surface area contributed by atoms with Crippen molar-refractivity contribution in [3.8, 4) is 0 Å². The topological polar surface area (TPSA) is 89.7 Å². The number of nitro groups is 1. The second kappa shape index (κ2) is 7.20. The first-order chi connectivity index (χ1) is 9.40. The molecule has 0 spiro atoms. The highest BCUT2D eigenvalue weighted by Crippen LogP contribution is 2.33. The molecule has 0 aliphatic heterocycles. The minimum absolute atomic E-state index is 0.0636. The maximum absolute atomic E-state index is 13.6. The summed E-state index contributed by atoms with van der Waals surface area (Å²) in [6.45, 7) is 1.70. The lowest BCUT2D eigenvalue weighted by atomic mass is 10.2. The summed E-state index contributed by atoms with van der Waals surface area (Å²) in [4.78, 5) is 21.7. The Bertz CT molecular complexity index is 523. The molecule has 0 saturated heterocycles. The quantitative estimate of drug-likeness (QED) is 0.375. The number of nitrogens with zero attached hydrogens (tertiary/aromatic N) is 1. The van der Waals surface area contributed by atoms with E-state index in [0.29, 0.717) is 11.8 Å². The van der Waals surface area contributed by atoms with Gasteiger partial charge in [-0.2, -0.15) is 0 Å². The lowest BCUT2D eigenvalue weighted by Gasteiger charge is -2.09. The first-order valence-corrected chi connectivity index (χ1v) is 6.69. The van der Waals surface area contributed by atoms with E-state index in [0.717, 1.165) is 24.9 Å². The third kappa shape index (κ3) is 3.91. The van der Waals surface area contributed by atoms with Gasteiger partial charge in [0.1, 0.15) is 5.82 Å². The van der Waals surface area contributed by atoms with Gasteiger partial charge in [-0.3, -0.25) is 10.1 Å². The molecule has 1 N–H and O–H groups in total. The second-order valence-corrected chi connectivity index (χ2v) is 5.21. The highest BCUT2D eigenvalue weighted by atomic mass is 32.2. The van der Waals surface area contributed by atoms with Crippen LogP contribution in [-0.4, -0.2) is 35.5 Å². The van der Waals surface area contributed by atoms with Crippen molar-refractivity contribution in [2.75, 3.05) is 19.5 Å². The van der Waals surface area contributed by atoms with Crippen LogP contribution >= 0.6 is 11.8 Å². The number of thioether (sulfide) groups is 1. The number of carbonyl (C=O) groups is 1. The van der Waals surface area contributed by atoms with Crippen molar-refractivity contribution in [1.29, 1.82) is 0 Å². The van der Waals surface area contributed by atoms with E-state index in [4.69, 9.17) is 5.11 Å². The van der Waals surface area contributed by atoms with Crippen LogP contribution in [0.2, 0.25) is 0 Å². The number of hydrogen-bond donors (Lipinski definition) is 1. The molecule has 0 amide bonds. The van der Waals surface area contributed by atoms with Crippen molar-refractivity contribution in [3.63, 3.8) is 0 Å². The van der Waals surface area contributed by atoms with Gasteiger partial charge in [-0.15, -0.1) is 11.8 Å². The van der Waals surface area contributed by atoms with E-state index < -0.39 is 22.4 Å². The third-order valence-electron chi connectivity index (χ3n) is 2.49. The van der Waals surface area contributed by atoms with Gasteiger partial charge in [0, 0.05) is 12.4 Å². The molecule has 0 aromatic heterocycles. The van der Waals surface area contributed by atoms with Gasteiger partial charge in [0.05, 0.1) is 28.6 Å². The summed E-state index contributed by atoms with van der Waals surface area (Å²) in [6, 6.07) is 1.81. The largest absolute Gasteiger partial charge is 0.465 e. The Balaban J connectivity index is 3.16. The lowest BCUT2D eigenvalue weighted by Crippen LogP contribution is -2.07. The van der Waals surface area contributed by atoms with Crippen LogP contribution in [0.5, 0.6) is 0 Å². The molecule has 0 saturated carbocycles. The molecule has 1 atom stereocenters.